The maximum atomic E-state index is 13.9. The summed E-state index contributed by atoms with van der Waals surface area (Å²) in [6.07, 6.45) is 7.06. The Morgan fingerprint density at radius 2 is 1.58 bits per heavy atom. The van der Waals surface area contributed by atoms with E-state index in [1.165, 1.54) is 24.1 Å². The molecule has 6 rings (SSSR count). The van der Waals surface area contributed by atoms with Gasteiger partial charge in [-0.3, -0.25) is 29.0 Å². The number of phenolic OH excluding ortho intramolecular Hbond substituents is 1. The number of carbonyl (C=O) groups is 4. The first-order chi connectivity index (χ1) is 17.1. The number of phenols is 1. The second-order valence-corrected chi connectivity index (χ2v) is 12.2. The zero-order valence-electron chi connectivity index (χ0n) is 20.0. The Hall–Kier alpha value is -2.38. The van der Waals surface area contributed by atoms with E-state index >= 15 is 0 Å². The molecule has 4 fully saturated rings. The Bertz CT molecular complexity index is 1210. The van der Waals surface area contributed by atoms with Crippen molar-refractivity contribution in [3.63, 3.8) is 0 Å². The molecular formula is C27H28Cl2N2O5. The molecule has 5 aliphatic rings. The molecule has 4 amide bonds. The van der Waals surface area contributed by atoms with E-state index in [9.17, 15) is 24.3 Å². The molecule has 9 heteroatoms. The molecule has 1 aromatic rings. The van der Waals surface area contributed by atoms with E-state index in [-0.39, 0.29) is 30.0 Å². The van der Waals surface area contributed by atoms with Gasteiger partial charge in [0.1, 0.15) is 5.75 Å². The van der Waals surface area contributed by atoms with Crippen LogP contribution in [0.4, 0.5) is 0 Å². The molecule has 2 saturated heterocycles. The molecule has 0 radical (unpaired) electrons. The molecule has 36 heavy (non-hydrogen) atoms. The molecule has 1 N–H and O–H groups in total. The lowest BCUT2D eigenvalue weighted by molar-refractivity contribution is -0.144. The van der Waals surface area contributed by atoms with Crippen LogP contribution in [0.3, 0.4) is 0 Å². The van der Waals surface area contributed by atoms with Crippen LogP contribution in [-0.2, 0) is 19.2 Å². The van der Waals surface area contributed by atoms with E-state index in [2.05, 4.69) is 0 Å². The first-order valence-electron chi connectivity index (χ1n) is 12.7. The number of rotatable bonds is 2. The molecule has 6 unspecified atom stereocenters. The summed E-state index contributed by atoms with van der Waals surface area (Å²) in [5.41, 5.74) is 1.40. The van der Waals surface area contributed by atoms with Gasteiger partial charge in [0.25, 0.3) is 11.8 Å². The van der Waals surface area contributed by atoms with Gasteiger partial charge in [-0.2, -0.15) is 0 Å². The summed E-state index contributed by atoms with van der Waals surface area (Å²) in [5.74, 6) is -3.86. The molecule has 0 spiro atoms. The van der Waals surface area contributed by atoms with Crippen molar-refractivity contribution < 1.29 is 24.3 Å². The maximum Gasteiger partial charge on any atom is 0.253 e. The Kier molecular flexibility index (Phi) is 5.37. The summed E-state index contributed by atoms with van der Waals surface area (Å²) in [4.78, 5) is 53.2. The predicted molar refractivity (Wildman–Crippen MR) is 132 cm³/mol. The molecule has 2 saturated carbocycles. The second-order valence-electron chi connectivity index (χ2n) is 10.9. The number of imide groups is 2. The molecule has 2 heterocycles. The molecule has 7 nitrogen and oxygen atoms in total. The van der Waals surface area contributed by atoms with Gasteiger partial charge in [0.2, 0.25) is 11.8 Å². The Labute approximate surface area is 219 Å². The van der Waals surface area contributed by atoms with Gasteiger partial charge in [-0.05, 0) is 49.3 Å². The molecule has 0 bridgehead atoms. The zero-order valence-corrected chi connectivity index (χ0v) is 21.5. The van der Waals surface area contributed by atoms with E-state index in [0.29, 0.717) is 12.0 Å². The Morgan fingerprint density at radius 3 is 2.25 bits per heavy atom. The van der Waals surface area contributed by atoms with E-state index in [4.69, 9.17) is 23.2 Å². The average Bonchev–Trinajstić information content (AvgIpc) is 3.20. The van der Waals surface area contributed by atoms with Crippen LogP contribution in [0.15, 0.2) is 35.9 Å². The Morgan fingerprint density at radius 1 is 0.917 bits per heavy atom. The first kappa shape index (κ1) is 24.0. The summed E-state index contributed by atoms with van der Waals surface area (Å²) >= 11 is 14.2. The minimum Gasteiger partial charge on any atom is -0.508 e. The number of hydrogen-bond donors (Lipinski definition) is 1. The summed E-state index contributed by atoms with van der Waals surface area (Å²) < 4.78 is 0. The van der Waals surface area contributed by atoms with Crippen LogP contribution in [0, 0.1) is 17.8 Å². The number of fused-ring (bicyclic) bond motifs is 4. The number of likely N-dealkylation sites (tertiary alicyclic amines) is 2. The third-order valence-electron chi connectivity index (χ3n) is 9.21. The van der Waals surface area contributed by atoms with Crippen molar-refractivity contribution in [2.75, 3.05) is 7.05 Å². The third kappa shape index (κ3) is 2.93. The first-order valence-corrected chi connectivity index (χ1v) is 13.4. The highest BCUT2D eigenvalue weighted by atomic mass is 35.5. The minimum atomic E-state index is -1.79. The maximum absolute atomic E-state index is 13.9. The van der Waals surface area contributed by atoms with E-state index in [1.807, 2.05) is 6.08 Å². The normalized spacial score (nSPS) is 38.7. The van der Waals surface area contributed by atoms with Gasteiger partial charge in [0.15, 0.2) is 9.75 Å². The van der Waals surface area contributed by atoms with Gasteiger partial charge in [-0.15, -0.1) is 23.2 Å². The molecule has 0 aromatic heterocycles. The molecule has 3 aliphatic carbocycles. The van der Waals surface area contributed by atoms with Crippen molar-refractivity contribution in [2.45, 2.75) is 66.7 Å². The number of alkyl halides is 2. The standard InChI is InChI=1S/C27H28Cl2N2O5/c1-30-24(35)26(28)13-19-17(21(27(26,29)25(30)36)14-7-9-16(32)10-8-14)11-12-18-20(19)23(34)31(22(18)33)15-5-3-2-4-6-15/h7-11,15,18-21,32H,2-6,12-13H2,1H3. The van der Waals surface area contributed by atoms with Crippen molar-refractivity contribution in [1.82, 2.24) is 9.80 Å². The van der Waals surface area contributed by atoms with Gasteiger partial charge in [0, 0.05) is 19.0 Å². The van der Waals surface area contributed by atoms with Gasteiger partial charge in [-0.1, -0.05) is 43.0 Å². The lowest BCUT2D eigenvalue weighted by Gasteiger charge is -2.50. The van der Waals surface area contributed by atoms with E-state index in [1.54, 1.807) is 12.1 Å². The van der Waals surface area contributed by atoms with Gasteiger partial charge < -0.3 is 5.11 Å². The highest BCUT2D eigenvalue weighted by molar-refractivity contribution is 6.53. The fourth-order valence-electron chi connectivity index (χ4n) is 7.51. The average molecular weight is 531 g/mol. The van der Waals surface area contributed by atoms with Crippen molar-refractivity contribution in [1.29, 1.82) is 0 Å². The van der Waals surface area contributed by atoms with Crippen LogP contribution in [0.1, 0.15) is 56.4 Å². The lowest BCUT2D eigenvalue weighted by Crippen LogP contribution is -2.60. The van der Waals surface area contributed by atoms with Crippen LogP contribution in [0.25, 0.3) is 0 Å². The number of aromatic hydroxyl groups is 1. The zero-order chi connectivity index (χ0) is 25.6. The highest BCUT2D eigenvalue weighted by Gasteiger charge is 2.75. The SMILES string of the molecule is CN1C(=O)C2(Cl)CC3C(=CCC4C(=O)N(C5CCCCC5)C(=O)C43)C(c3ccc(O)cc3)C2(Cl)C1=O. The van der Waals surface area contributed by atoms with Crippen molar-refractivity contribution in [3.05, 3.63) is 41.5 Å². The molecule has 6 atom stereocenters. The quantitative estimate of drug-likeness (QED) is 0.357. The highest BCUT2D eigenvalue weighted by Crippen LogP contribution is 2.65. The smallest absolute Gasteiger partial charge is 0.253 e. The van der Waals surface area contributed by atoms with E-state index in [0.717, 1.165) is 42.6 Å². The molecule has 1 aromatic carbocycles. The molecular weight excluding hydrogens is 503 g/mol. The number of hydrogen-bond acceptors (Lipinski definition) is 5. The van der Waals surface area contributed by atoms with Crippen LogP contribution >= 0.6 is 23.2 Å². The van der Waals surface area contributed by atoms with E-state index < -0.39 is 45.2 Å². The minimum absolute atomic E-state index is 0.00603. The van der Waals surface area contributed by atoms with Gasteiger partial charge in [0.05, 0.1) is 11.8 Å². The van der Waals surface area contributed by atoms with Crippen molar-refractivity contribution >= 4 is 46.8 Å². The number of benzene rings is 1. The van der Waals surface area contributed by atoms with Crippen LogP contribution < -0.4 is 0 Å². The monoisotopic (exact) mass is 530 g/mol. The summed E-state index contributed by atoms with van der Waals surface area (Å²) in [6, 6.07) is 6.26. The van der Waals surface area contributed by atoms with Crippen LogP contribution in [-0.4, -0.2) is 61.4 Å². The van der Waals surface area contributed by atoms with Crippen molar-refractivity contribution in [2.24, 2.45) is 17.8 Å². The number of amides is 4. The Balaban J connectivity index is 1.48. The second kappa shape index (κ2) is 8.06. The lowest BCUT2D eigenvalue weighted by atomic mass is 9.56. The van der Waals surface area contributed by atoms with Crippen molar-refractivity contribution in [3.8, 4) is 5.75 Å². The predicted octanol–water partition coefficient (Wildman–Crippen LogP) is 3.71. The molecule has 2 aliphatic heterocycles. The number of halogens is 2. The van der Waals surface area contributed by atoms with Gasteiger partial charge >= 0.3 is 0 Å². The fourth-order valence-corrected chi connectivity index (χ4v) is 8.53. The third-order valence-corrected chi connectivity index (χ3v) is 10.6. The largest absolute Gasteiger partial charge is 0.508 e. The summed E-state index contributed by atoms with van der Waals surface area (Å²) in [6.45, 7) is 0. The topological polar surface area (TPSA) is 95.0 Å². The summed E-state index contributed by atoms with van der Waals surface area (Å²) in [7, 11) is 1.38. The van der Waals surface area contributed by atoms with Crippen LogP contribution in [0.2, 0.25) is 0 Å². The number of allylic oxidation sites excluding steroid dienone is 2. The van der Waals surface area contributed by atoms with Gasteiger partial charge in [-0.25, -0.2) is 0 Å². The molecule has 190 valence electrons. The van der Waals surface area contributed by atoms with Crippen LogP contribution in [0.5, 0.6) is 5.75 Å². The number of carbonyl (C=O) groups excluding carboxylic acids is 4. The number of nitrogens with zero attached hydrogens (tertiary/aromatic N) is 2. The fraction of sp³-hybridized carbons (Fsp3) is 0.556. The summed E-state index contributed by atoms with van der Waals surface area (Å²) in [5, 5.41) is 9.88.